The maximum absolute atomic E-state index is 12.2. The highest BCUT2D eigenvalue weighted by Gasteiger charge is 2.26. The Balaban J connectivity index is 2.16. The second-order valence-corrected chi connectivity index (χ2v) is 6.00. The van der Waals surface area contributed by atoms with Crippen LogP contribution >= 0.6 is 11.3 Å². The first kappa shape index (κ1) is 16.8. The predicted octanol–water partition coefficient (Wildman–Crippen LogP) is 2.57. The van der Waals surface area contributed by atoms with Crippen LogP contribution in [0, 0.1) is 24.0 Å². The molecule has 2 aromatic heterocycles. The highest BCUT2D eigenvalue weighted by atomic mass is 32.1. The van der Waals surface area contributed by atoms with Crippen molar-refractivity contribution in [2.75, 3.05) is 0 Å². The van der Waals surface area contributed by atoms with Crippen LogP contribution in [0.2, 0.25) is 0 Å². The van der Waals surface area contributed by atoms with Crippen molar-refractivity contribution in [1.82, 2.24) is 15.2 Å². The van der Waals surface area contributed by atoms with Gasteiger partial charge in [-0.15, -0.1) is 11.3 Å². The number of carbonyl (C=O) groups is 1. The minimum atomic E-state index is -0.706. The average Bonchev–Trinajstić information content (AvgIpc) is 3.11. The molecule has 1 atom stereocenters. The van der Waals surface area contributed by atoms with Crippen LogP contribution in [0.3, 0.4) is 0 Å². The molecule has 2 heterocycles. The summed E-state index contributed by atoms with van der Waals surface area (Å²) in [6.07, 6.45) is 0. The molecule has 0 aliphatic heterocycles. The molecular formula is C14H17N5O3S. The molecule has 1 N–H and O–H groups in total. The summed E-state index contributed by atoms with van der Waals surface area (Å²) in [4.78, 5) is 23.7. The van der Waals surface area contributed by atoms with Crippen molar-refractivity contribution in [1.29, 1.82) is 0 Å². The topological polar surface area (TPSA) is 102 Å². The lowest BCUT2D eigenvalue weighted by atomic mass is 10.3. The van der Waals surface area contributed by atoms with E-state index in [0.717, 1.165) is 4.88 Å². The van der Waals surface area contributed by atoms with Gasteiger partial charge in [0, 0.05) is 4.88 Å². The van der Waals surface area contributed by atoms with Crippen molar-refractivity contribution in [2.24, 2.45) is 5.10 Å². The molecule has 1 amide bonds. The van der Waals surface area contributed by atoms with Crippen molar-refractivity contribution in [3.8, 4) is 0 Å². The molecule has 122 valence electrons. The molecule has 0 aliphatic rings. The molecule has 0 aromatic carbocycles. The van der Waals surface area contributed by atoms with Gasteiger partial charge < -0.3 is 0 Å². The van der Waals surface area contributed by atoms with E-state index in [1.54, 1.807) is 27.7 Å². The Bertz CT molecular complexity index is 764. The number of aromatic nitrogens is 2. The second-order valence-electron chi connectivity index (χ2n) is 5.05. The number of rotatable bonds is 5. The van der Waals surface area contributed by atoms with Gasteiger partial charge in [0.2, 0.25) is 0 Å². The number of nitrogens with zero attached hydrogens (tertiary/aromatic N) is 4. The van der Waals surface area contributed by atoms with Gasteiger partial charge in [0.15, 0.2) is 0 Å². The monoisotopic (exact) mass is 335 g/mol. The van der Waals surface area contributed by atoms with E-state index in [1.807, 2.05) is 17.5 Å². The van der Waals surface area contributed by atoms with Gasteiger partial charge in [-0.2, -0.15) is 10.2 Å². The molecule has 2 aromatic rings. The van der Waals surface area contributed by atoms with Crippen molar-refractivity contribution >= 4 is 28.6 Å². The van der Waals surface area contributed by atoms with Gasteiger partial charge in [-0.1, -0.05) is 6.07 Å². The molecular weight excluding hydrogens is 318 g/mol. The number of hydrazone groups is 1. The van der Waals surface area contributed by atoms with Crippen molar-refractivity contribution in [2.45, 2.75) is 33.7 Å². The lowest BCUT2D eigenvalue weighted by Crippen LogP contribution is -2.29. The van der Waals surface area contributed by atoms with Gasteiger partial charge in [-0.3, -0.25) is 19.6 Å². The smallest absolute Gasteiger partial charge is 0.271 e. The minimum absolute atomic E-state index is 0.0667. The molecule has 2 rings (SSSR count). The van der Waals surface area contributed by atoms with Gasteiger partial charge in [0.25, 0.3) is 5.91 Å². The van der Waals surface area contributed by atoms with Gasteiger partial charge in [0.05, 0.1) is 10.6 Å². The zero-order valence-electron chi connectivity index (χ0n) is 13.2. The Hall–Kier alpha value is -2.55. The summed E-state index contributed by atoms with van der Waals surface area (Å²) in [5, 5.41) is 21.1. The van der Waals surface area contributed by atoms with Crippen molar-refractivity contribution in [3.05, 3.63) is 43.9 Å². The molecule has 0 radical (unpaired) electrons. The van der Waals surface area contributed by atoms with Crippen molar-refractivity contribution < 1.29 is 9.72 Å². The summed E-state index contributed by atoms with van der Waals surface area (Å²) < 4.78 is 1.35. The number of amides is 1. The summed E-state index contributed by atoms with van der Waals surface area (Å²) in [7, 11) is 0. The molecule has 0 bridgehead atoms. The number of carbonyl (C=O) groups excluding carboxylic acids is 1. The molecule has 9 heteroatoms. The standard InChI is InChI=1S/C14H17N5O3S/c1-8(12-6-5-7-23-12)15-16-14(20)11(4)18-10(3)13(19(21)22)9(2)17-18/h5-7,11H,1-4H3,(H,16,20)/b15-8+. The Morgan fingerprint density at radius 3 is 2.74 bits per heavy atom. The normalized spacial score (nSPS) is 13.0. The van der Waals surface area contributed by atoms with Crippen LogP contribution in [0.25, 0.3) is 0 Å². The van der Waals surface area contributed by atoms with E-state index in [9.17, 15) is 14.9 Å². The largest absolute Gasteiger partial charge is 0.312 e. The molecule has 0 fully saturated rings. The van der Waals surface area contributed by atoms with Crippen LogP contribution in [-0.2, 0) is 4.79 Å². The SMILES string of the molecule is C/C(=N\NC(=O)C(C)n1nc(C)c([N+](=O)[O-])c1C)c1cccs1. The van der Waals surface area contributed by atoms with Crippen LogP contribution in [0.5, 0.6) is 0 Å². The van der Waals surface area contributed by atoms with Crippen LogP contribution in [-0.4, -0.2) is 26.3 Å². The molecule has 0 saturated heterocycles. The number of aryl methyl sites for hydroxylation is 1. The van der Waals surface area contributed by atoms with Crippen LogP contribution in [0.1, 0.15) is 36.2 Å². The van der Waals surface area contributed by atoms with Crippen LogP contribution in [0.4, 0.5) is 5.69 Å². The van der Waals surface area contributed by atoms with E-state index < -0.39 is 11.0 Å². The lowest BCUT2D eigenvalue weighted by molar-refractivity contribution is -0.386. The first-order valence-electron chi connectivity index (χ1n) is 6.91. The maximum atomic E-state index is 12.2. The zero-order valence-corrected chi connectivity index (χ0v) is 14.0. The van der Waals surface area contributed by atoms with E-state index in [4.69, 9.17) is 0 Å². The summed E-state index contributed by atoms with van der Waals surface area (Å²) in [6.45, 7) is 6.53. The number of hydrogen-bond acceptors (Lipinski definition) is 6. The Morgan fingerprint density at radius 1 is 1.52 bits per heavy atom. The molecule has 8 nitrogen and oxygen atoms in total. The maximum Gasteiger partial charge on any atom is 0.312 e. The Morgan fingerprint density at radius 2 is 2.22 bits per heavy atom. The first-order valence-corrected chi connectivity index (χ1v) is 7.79. The van der Waals surface area contributed by atoms with Gasteiger partial charge in [0.1, 0.15) is 17.4 Å². The summed E-state index contributed by atoms with van der Waals surface area (Å²) in [5.41, 5.74) is 3.73. The number of nitro groups is 1. The Labute approximate surface area is 137 Å². The third-order valence-corrected chi connectivity index (χ3v) is 4.41. The van der Waals surface area contributed by atoms with Gasteiger partial charge in [-0.05, 0) is 39.1 Å². The van der Waals surface area contributed by atoms with Crippen LogP contribution in [0.15, 0.2) is 22.6 Å². The quantitative estimate of drug-likeness (QED) is 0.515. The van der Waals surface area contributed by atoms with E-state index >= 15 is 0 Å². The molecule has 23 heavy (non-hydrogen) atoms. The third-order valence-electron chi connectivity index (χ3n) is 3.43. The molecule has 1 unspecified atom stereocenters. The van der Waals surface area contributed by atoms with Gasteiger partial charge in [-0.25, -0.2) is 5.43 Å². The number of thiophene rings is 1. The van der Waals surface area contributed by atoms with Crippen molar-refractivity contribution in [3.63, 3.8) is 0 Å². The number of hydrogen-bond donors (Lipinski definition) is 1. The molecule has 0 saturated carbocycles. The highest BCUT2D eigenvalue weighted by molar-refractivity contribution is 7.12. The summed E-state index contributed by atoms with van der Waals surface area (Å²) in [6, 6.07) is 3.10. The predicted molar refractivity (Wildman–Crippen MR) is 87.7 cm³/mol. The minimum Gasteiger partial charge on any atom is -0.271 e. The lowest BCUT2D eigenvalue weighted by Gasteiger charge is -2.12. The first-order chi connectivity index (χ1) is 10.8. The van der Waals surface area contributed by atoms with E-state index in [1.165, 1.54) is 16.0 Å². The zero-order chi connectivity index (χ0) is 17.1. The van der Waals surface area contributed by atoms with Gasteiger partial charge >= 0.3 is 5.69 Å². The fourth-order valence-corrected chi connectivity index (χ4v) is 2.86. The molecule has 0 aliphatic carbocycles. The summed E-state index contributed by atoms with van der Waals surface area (Å²) >= 11 is 1.52. The van der Waals surface area contributed by atoms with Crippen LogP contribution < -0.4 is 5.43 Å². The third kappa shape index (κ3) is 3.45. The van der Waals surface area contributed by atoms with E-state index in [0.29, 0.717) is 11.4 Å². The van der Waals surface area contributed by atoms with E-state index in [2.05, 4.69) is 15.6 Å². The molecule has 0 spiro atoms. The van der Waals surface area contributed by atoms with E-state index in [-0.39, 0.29) is 17.3 Å². The second kappa shape index (κ2) is 6.69. The average molecular weight is 335 g/mol. The fraction of sp³-hybridized carbons (Fsp3) is 0.357. The Kier molecular flexibility index (Phi) is 4.89. The number of nitrogens with one attached hydrogen (secondary N) is 1. The fourth-order valence-electron chi connectivity index (χ4n) is 2.18. The highest BCUT2D eigenvalue weighted by Crippen LogP contribution is 2.24. The summed E-state index contributed by atoms with van der Waals surface area (Å²) in [5.74, 6) is -0.388.